The van der Waals surface area contributed by atoms with Crippen LogP contribution in [0.25, 0.3) is 71.7 Å². The van der Waals surface area contributed by atoms with Gasteiger partial charge in [0.15, 0.2) is 8.07 Å². The molecule has 0 fully saturated rings. The minimum Gasteiger partial charge on any atom is -0.456 e. The highest BCUT2D eigenvalue weighted by molar-refractivity contribution is 7.16. The zero-order valence-electron chi connectivity index (χ0n) is 40.0. The maximum atomic E-state index is 6.25. The molecule has 0 saturated heterocycles. The van der Waals surface area contributed by atoms with E-state index in [0.717, 1.165) is 21.9 Å². The summed E-state index contributed by atoms with van der Waals surface area (Å²) in [5, 5.41) is 10.1. The summed E-state index contributed by atoms with van der Waals surface area (Å²) in [5.74, 6) is -0.000853. The van der Waals surface area contributed by atoms with E-state index in [1.807, 2.05) is 6.07 Å². The van der Waals surface area contributed by atoms with Gasteiger partial charge in [-0.05, 0) is 120 Å². The molecule has 2 nitrogen and oxygen atoms in total. The fourth-order valence-electron chi connectivity index (χ4n) is 13.0. The van der Waals surface area contributed by atoms with Crippen LogP contribution in [0.4, 0.5) is 0 Å². The van der Waals surface area contributed by atoms with Crippen LogP contribution in [-0.2, 0) is 0 Å². The lowest BCUT2D eigenvalue weighted by molar-refractivity contribution is 0.669. The standard InChI is InChI=1S/C69H49NOSi/c1-3-21-65(72(50-25-9-5-10-26-50,51-27-11-6-12-28-51)52-29-19-24-47(42-52)46-22-7-4-8-23-46)67-45(2)66-55-32-13-14-33-56(55)69(67)68-57(66)34-20-36-62(68)70-60-35-17-15-30-53(60)58-43-48(38-40-61(58)70)49-39-41-64-59(44-49)54-31-16-18-37-63(54)71-64/h3-44,66,69H,1H2,2H3/b65-21+. The Kier molecular flexibility index (Phi) is 9.77. The zero-order valence-corrected chi connectivity index (χ0v) is 41.0. The molecule has 0 radical (unpaired) electrons. The van der Waals surface area contributed by atoms with E-state index in [9.17, 15) is 0 Å². The van der Waals surface area contributed by atoms with Gasteiger partial charge < -0.3 is 8.98 Å². The molecule has 12 aromatic rings. The highest BCUT2D eigenvalue weighted by atomic mass is 28.3. The molecule has 3 aliphatic rings. The van der Waals surface area contributed by atoms with Crippen molar-refractivity contribution in [3.05, 3.63) is 300 Å². The lowest BCUT2D eigenvalue weighted by atomic mass is 9.60. The minimum absolute atomic E-state index is 0.0619. The number of allylic oxidation sites excluding steroid dienone is 5. The van der Waals surface area contributed by atoms with Crippen molar-refractivity contribution >= 4 is 67.4 Å². The van der Waals surface area contributed by atoms with Gasteiger partial charge in [-0.1, -0.05) is 224 Å². The average molecular weight is 936 g/mol. The highest BCUT2D eigenvalue weighted by Gasteiger charge is 2.51. The SMILES string of the molecule is C=C/C=C(\C1=C(C)C2c3ccccc3C1c1c2cccc1-n1c2ccccc2c2cc(-c3ccc4oc5ccccc5c4c3)ccc21)[Si](c1ccccc1)(c1ccccc1)c1cccc(-c2ccccc2)c1. The fraction of sp³-hybridized carbons (Fsp3) is 0.0435. The van der Waals surface area contributed by atoms with Gasteiger partial charge in [0.2, 0.25) is 0 Å². The first-order valence-electron chi connectivity index (χ1n) is 25.1. The molecule has 72 heavy (non-hydrogen) atoms. The largest absolute Gasteiger partial charge is 0.456 e. The van der Waals surface area contributed by atoms with E-state index in [-0.39, 0.29) is 11.8 Å². The number of rotatable bonds is 9. The molecule has 3 heteroatoms. The van der Waals surface area contributed by atoms with Gasteiger partial charge in [0, 0.05) is 33.4 Å². The molecule has 0 saturated carbocycles. The van der Waals surface area contributed by atoms with E-state index in [0.29, 0.717) is 0 Å². The molecule has 0 N–H and O–H groups in total. The van der Waals surface area contributed by atoms with Crippen molar-refractivity contribution < 1.29 is 4.42 Å². The van der Waals surface area contributed by atoms with E-state index in [1.165, 1.54) is 104 Å². The molecule has 2 aromatic heterocycles. The topological polar surface area (TPSA) is 18.1 Å². The lowest BCUT2D eigenvalue weighted by Gasteiger charge is -2.48. The van der Waals surface area contributed by atoms with E-state index in [1.54, 1.807) is 0 Å². The predicted molar refractivity (Wildman–Crippen MR) is 304 cm³/mol. The number of para-hydroxylation sites is 2. The molecule has 2 atom stereocenters. The third-order valence-corrected chi connectivity index (χ3v) is 20.7. The van der Waals surface area contributed by atoms with Gasteiger partial charge in [-0.25, -0.2) is 0 Å². The van der Waals surface area contributed by atoms with Crippen LogP contribution in [-0.4, -0.2) is 12.6 Å². The Labute approximate surface area is 420 Å². The molecule has 2 bridgehead atoms. The monoisotopic (exact) mass is 935 g/mol. The van der Waals surface area contributed by atoms with Crippen LogP contribution in [0.15, 0.2) is 282 Å². The van der Waals surface area contributed by atoms with Gasteiger partial charge in [0.05, 0.1) is 16.7 Å². The highest BCUT2D eigenvalue weighted by Crippen LogP contribution is 2.59. The summed E-state index contributed by atoms with van der Waals surface area (Å²) in [6.45, 7) is 6.95. The normalized spacial score (nSPS) is 15.4. The summed E-state index contributed by atoms with van der Waals surface area (Å²) in [4.78, 5) is 0. The van der Waals surface area contributed by atoms with Gasteiger partial charge in [0.1, 0.15) is 11.2 Å². The van der Waals surface area contributed by atoms with Crippen molar-refractivity contribution in [3.8, 4) is 27.9 Å². The van der Waals surface area contributed by atoms with E-state index < -0.39 is 8.07 Å². The van der Waals surface area contributed by atoms with Crippen molar-refractivity contribution in [1.29, 1.82) is 0 Å². The lowest BCUT2D eigenvalue weighted by Crippen LogP contribution is -2.69. The molecular weight excluding hydrogens is 887 g/mol. The summed E-state index contributed by atoms with van der Waals surface area (Å²) in [6, 6.07) is 90.4. The Morgan fingerprint density at radius 1 is 0.444 bits per heavy atom. The Bertz CT molecular complexity index is 4150. The first kappa shape index (κ1) is 42.1. The minimum atomic E-state index is -3.17. The second-order valence-corrected chi connectivity index (χ2v) is 23.3. The summed E-state index contributed by atoms with van der Waals surface area (Å²) < 4.78 is 8.81. The number of fused-ring (bicyclic) bond motifs is 6. The van der Waals surface area contributed by atoms with Gasteiger partial charge >= 0.3 is 0 Å². The Morgan fingerprint density at radius 3 is 1.74 bits per heavy atom. The predicted octanol–water partition coefficient (Wildman–Crippen LogP) is 15.7. The summed E-state index contributed by atoms with van der Waals surface area (Å²) in [7, 11) is -3.17. The molecule has 2 unspecified atom stereocenters. The molecule has 0 aliphatic heterocycles. The zero-order chi connectivity index (χ0) is 47.9. The number of hydrogen-bond acceptors (Lipinski definition) is 1. The molecule has 340 valence electrons. The Morgan fingerprint density at radius 2 is 0.986 bits per heavy atom. The molecule has 10 aromatic carbocycles. The molecule has 0 amide bonds. The van der Waals surface area contributed by atoms with Crippen molar-refractivity contribution in [3.63, 3.8) is 0 Å². The van der Waals surface area contributed by atoms with Gasteiger partial charge in [-0.3, -0.25) is 0 Å². The number of furan rings is 1. The first-order chi connectivity index (χ1) is 35.6. The van der Waals surface area contributed by atoms with Crippen molar-refractivity contribution in [1.82, 2.24) is 4.57 Å². The quantitative estimate of drug-likeness (QED) is 0.0801. The van der Waals surface area contributed by atoms with E-state index in [2.05, 4.69) is 267 Å². The van der Waals surface area contributed by atoms with Crippen LogP contribution < -0.4 is 15.6 Å². The van der Waals surface area contributed by atoms with Crippen LogP contribution in [0.1, 0.15) is 41.0 Å². The molecule has 0 spiro atoms. The average Bonchev–Trinajstić information content (AvgIpc) is 3.99. The van der Waals surface area contributed by atoms with Gasteiger partial charge in [-0.2, -0.15) is 0 Å². The van der Waals surface area contributed by atoms with Crippen LogP contribution in [0.2, 0.25) is 0 Å². The Hall–Kier alpha value is -8.76. The molecule has 3 aliphatic carbocycles. The second-order valence-electron chi connectivity index (χ2n) is 19.5. The second kappa shape index (κ2) is 16.7. The third kappa shape index (κ3) is 6.20. The van der Waals surface area contributed by atoms with Crippen LogP contribution in [0.5, 0.6) is 0 Å². The number of benzene rings is 10. The third-order valence-electron chi connectivity index (χ3n) is 15.9. The number of hydrogen-bond donors (Lipinski definition) is 0. The number of nitrogens with zero attached hydrogens (tertiary/aromatic N) is 1. The molecule has 2 heterocycles. The van der Waals surface area contributed by atoms with Gasteiger partial charge in [0.25, 0.3) is 0 Å². The summed E-state index contributed by atoms with van der Waals surface area (Å²) in [6.07, 6.45) is 4.46. The molecular formula is C69H49NOSi. The van der Waals surface area contributed by atoms with Crippen molar-refractivity contribution in [2.45, 2.75) is 18.8 Å². The van der Waals surface area contributed by atoms with Crippen LogP contribution in [0.3, 0.4) is 0 Å². The maximum Gasteiger partial charge on any atom is 0.179 e. The summed E-state index contributed by atoms with van der Waals surface area (Å²) in [5.41, 5.74) is 18.6. The summed E-state index contributed by atoms with van der Waals surface area (Å²) >= 11 is 0. The first-order valence-corrected chi connectivity index (χ1v) is 27.1. The van der Waals surface area contributed by atoms with Crippen molar-refractivity contribution in [2.24, 2.45) is 0 Å². The Balaban J connectivity index is 1.02. The van der Waals surface area contributed by atoms with E-state index >= 15 is 0 Å². The smallest absolute Gasteiger partial charge is 0.179 e. The van der Waals surface area contributed by atoms with Crippen LogP contribution >= 0.6 is 0 Å². The maximum absolute atomic E-state index is 6.25. The fourth-order valence-corrected chi connectivity index (χ4v) is 18.1. The molecule has 15 rings (SSSR count). The van der Waals surface area contributed by atoms with E-state index in [4.69, 9.17) is 4.42 Å². The number of aromatic nitrogens is 1. The van der Waals surface area contributed by atoms with Crippen LogP contribution in [0, 0.1) is 0 Å². The van der Waals surface area contributed by atoms with Gasteiger partial charge in [-0.15, -0.1) is 0 Å². The van der Waals surface area contributed by atoms with Crippen molar-refractivity contribution in [2.75, 3.05) is 0 Å².